The molecule has 0 amide bonds. The van der Waals surface area contributed by atoms with Gasteiger partial charge < -0.3 is 19.7 Å². The summed E-state index contributed by atoms with van der Waals surface area (Å²) in [5, 5.41) is 22.7. The summed E-state index contributed by atoms with van der Waals surface area (Å²) in [7, 11) is 1.05. The first-order valence-corrected chi connectivity index (χ1v) is 11.7. The van der Waals surface area contributed by atoms with Crippen LogP contribution in [0.3, 0.4) is 0 Å². The van der Waals surface area contributed by atoms with Gasteiger partial charge in [-0.2, -0.15) is 0 Å². The van der Waals surface area contributed by atoms with Gasteiger partial charge in [-0.1, -0.05) is 26.0 Å². The smallest absolute Gasteiger partial charge is 0.322 e. The Kier molecular flexibility index (Phi) is 4.98. The first kappa shape index (κ1) is 25.3. The lowest BCUT2D eigenvalue weighted by molar-refractivity contribution is -0.228. The van der Waals surface area contributed by atoms with E-state index in [4.69, 9.17) is 9.47 Å². The Labute approximate surface area is 203 Å². The summed E-state index contributed by atoms with van der Waals surface area (Å²) in [6.07, 6.45) is -2.99. The zero-order valence-electron chi connectivity index (χ0n) is 21.1. The molecule has 4 rings (SSSR count). The number of aliphatic hydroxyl groups excluding tert-OH is 2. The minimum atomic E-state index is -2.42. The molecule has 0 bridgehead atoms. The first-order valence-electron chi connectivity index (χ1n) is 11.7. The number of carbonyl (C=O) groups is 5. The number of fused-ring (bicyclic) bond motifs is 5. The van der Waals surface area contributed by atoms with Crippen molar-refractivity contribution >= 4 is 29.3 Å². The molecule has 0 spiro atoms. The molecule has 1 saturated heterocycles. The Balaban J connectivity index is 2.21. The van der Waals surface area contributed by atoms with E-state index < -0.39 is 74.5 Å². The van der Waals surface area contributed by atoms with E-state index in [9.17, 15) is 34.2 Å². The van der Waals surface area contributed by atoms with Gasteiger partial charge in [0.2, 0.25) is 5.78 Å². The van der Waals surface area contributed by atoms with Crippen LogP contribution >= 0.6 is 0 Å². The molecule has 3 aliphatic carbocycles. The van der Waals surface area contributed by atoms with Gasteiger partial charge in [0.1, 0.15) is 11.2 Å². The topological polar surface area (TPSA) is 144 Å². The van der Waals surface area contributed by atoms with Crippen LogP contribution in [0, 0.1) is 33.0 Å². The normalized spacial score (nSPS) is 44.8. The minimum absolute atomic E-state index is 0.0388. The molecule has 190 valence electrons. The average Bonchev–Trinajstić information content (AvgIpc) is 2.77. The second-order valence-corrected chi connectivity index (χ2v) is 11.4. The Morgan fingerprint density at radius 3 is 2.20 bits per heavy atom. The lowest BCUT2D eigenvalue weighted by Gasteiger charge is -2.68. The van der Waals surface area contributed by atoms with Crippen LogP contribution in [0.5, 0.6) is 0 Å². The Morgan fingerprint density at radius 1 is 1.09 bits per heavy atom. The monoisotopic (exact) mass is 488 g/mol. The fourth-order valence-electron chi connectivity index (χ4n) is 7.89. The number of hydrogen-bond donors (Lipinski definition) is 2. The Bertz CT molecular complexity index is 1160. The third-order valence-electron chi connectivity index (χ3n) is 9.89. The SMILES string of the molecule is C=C1C[C@@H]2[C@]3(C)C(=C(O)C(=O)[C@@]2(C)[C@]2(C(=O)OC)C(=O)[C@@H](C)OC(=O)[C@@]12C)C(C)(C)C(=O)C[C@H]3O. The van der Waals surface area contributed by atoms with Crippen molar-refractivity contribution in [1.29, 1.82) is 0 Å². The van der Waals surface area contributed by atoms with Crippen molar-refractivity contribution in [3.05, 3.63) is 23.5 Å². The van der Waals surface area contributed by atoms with Crippen molar-refractivity contribution < 1.29 is 43.7 Å². The van der Waals surface area contributed by atoms with E-state index in [1.807, 2.05) is 0 Å². The van der Waals surface area contributed by atoms with E-state index in [0.717, 1.165) is 7.11 Å². The molecule has 9 heteroatoms. The zero-order chi connectivity index (χ0) is 26.7. The highest BCUT2D eigenvalue weighted by Gasteiger charge is 2.85. The Hall–Kier alpha value is -2.81. The number of Topliss-reactive ketones (excluding diaryl/α,β-unsaturated/α-hetero) is 3. The zero-order valence-corrected chi connectivity index (χ0v) is 21.1. The van der Waals surface area contributed by atoms with Crippen LogP contribution in [0.4, 0.5) is 0 Å². The summed E-state index contributed by atoms with van der Waals surface area (Å²) >= 11 is 0. The van der Waals surface area contributed by atoms with Crippen molar-refractivity contribution in [2.75, 3.05) is 7.11 Å². The second-order valence-electron chi connectivity index (χ2n) is 11.4. The maximum absolute atomic E-state index is 14.2. The summed E-state index contributed by atoms with van der Waals surface area (Å²) in [4.78, 5) is 68.3. The number of allylic oxidation sites excluding steroid dienone is 1. The van der Waals surface area contributed by atoms with Crippen LogP contribution in [0.25, 0.3) is 0 Å². The predicted molar refractivity (Wildman–Crippen MR) is 121 cm³/mol. The fourth-order valence-corrected chi connectivity index (χ4v) is 7.89. The maximum Gasteiger partial charge on any atom is 0.322 e. The Morgan fingerprint density at radius 2 is 1.66 bits per heavy atom. The standard InChI is InChI=1S/C26H32O9/c1-11-9-13-23(5)15(28)10-14(27)22(3,4)17(23)16(29)19(31)25(13,7)26(21(33)34-8)18(30)12(2)35-20(32)24(11,26)6/h12-13,15,28-29H,1,9-10H2,2-8H3/t12-,13-,15-,23+,24-,25+,26+/m1/s1. The minimum Gasteiger partial charge on any atom is -0.504 e. The third-order valence-corrected chi connectivity index (χ3v) is 9.89. The van der Waals surface area contributed by atoms with Gasteiger partial charge in [-0.25, -0.2) is 0 Å². The molecular formula is C26H32O9. The molecule has 7 atom stereocenters. The van der Waals surface area contributed by atoms with Crippen LogP contribution in [-0.2, 0) is 33.4 Å². The fraction of sp³-hybridized carbons (Fsp3) is 0.654. The first-order chi connectivity index (χ1) is 15.9. The number of ether oxygens (including phenoxy) is 2. The van der Waals surface area contributed by atoms with E-state index in [1.54, 1.807) is 20.8 Å². The summed E-state index contributed by atoms with van der Waals surface area (Å²) < 4.78 is 10.4. The van der Waals surface area contributed by atoms with Crippen LogP contribution < -0.4 is 0 Å². The van der Waals surface area contributed by atoms with E-state index in [2.05, 4.69) is 6.58 Å². The number of aliphatic hydroxyl groups is 2. The number of hydrogen-bond acceptors (Lipinski definition) is 9. The molecule has 1 aliphatic heterocycles. The maximum atomic E-state index is 14.2. The van der Waals surface area contributed by atoms with E-state index in [1.165, 1.54) is 20.8 Å². The molecule has 0 aromatic rings. The van der Waals surface area contributed by atoms with Gasteiger partial charge in [0.05, 0.1) is 18.6 Å². The van der Waals surface area contributed by atoms with Gasteiger partial charge in [0, 0.05) is 17.3 Å². The van der Waals surface area contributed by atoms with E-state index in [-0.39, 0.29) is 29.8 Å². The van der Waals surface area contributed by atoms with Crippen molar-refractivity contribution in [3.8, 4) is 0 Å². The summed E-state index contributed by atoms with van der Waals surface area (Å²) in [5.74, 6) is -5.91. The molecule has 2 saturated carbocycles. The molecule has 4 aliphatic rings. The van der Waals surface area contributed by atoms with Crippen LogP contribution in [0.15, 0.2) is 23.5 Å². The highest BCUT2D eigenvalue weighted by Crippen LogP contribution is 2.74. The van der Waals surface area contributed by atoms with Gasteiger partial charge in [0.15, 0.2) is 23.1 Å². The lowest BCUT2D eigenvalue weighted by atomic mass is 9.32. The number of carbonyl (C=O) groups excluding carboxylic acids is 5. The van der Waals surface area contributed by atoms with Gasteiger partial charge in [-0.05, 0) is 45.6 Å². The quantitative estimate of drug-likeness (QED) is 0.322. The number of ketones is 3. The lowest BCUT2D eigenvalue weighted by Crippen LogP contribution is -2.78. The highest BCUT2D eigenvalue weighted by molar-refractivity contribution is 6.20. The summed E-state index contributed by atoms with van der Waals surface area (Å²) in [6, 6.07) is 0. The molecule has 0 unspecified atom stereocenters. The molecule has 9 nitrogen and oxygen atoms in total. The molecule has 0 aromatic carbocycles. The molecule has 1 heterocycles. The van der Waals surface area contributed by atoms with E-state index >= 15 is 0 Å². The van der Waals surface area contributed by atoms with Crippen molar-refractivity contribution in [1.82, 2.24) is 0 Å². The van der Waals surface area contributed by atoms with Crippen molar-refractivity contribution in [3.63, 3.8) is 0 Å². The second kappa shape index (κ2) is 6.90. The van der Waals surface area contributed by atoms with Crippen LogP contribution in [-0.4, -0.2) is 58.8 Å². The van der Waals surface area contributed by atoms with Crippen molar-refractivity contribution in [2.24, 2.45) is 33.0 Å². The largest absolute Gasteiger partial charge is 0.504 e. The molecule has 2 N–H and O–H groups in total. The number of methoxy groups -OCH3 is 1. The number of esters is 2. The van der Waals surface area contributed by atoms with Gasteiger partial charge in [0.25, 0.3) is 0 Å². The predicted octanol–water partition coefficient (Wildman–Crippen LogP) is 2.01. The molecule has 0 radical (unpaired) electrons. The number of rotatable bonds is 1. The summed E-state index contributed by atoms with van der Waals surface area (Å²) in [6.45, 7) is 12.9. The van der Waals surface area contributed by atoms with Gasteiger partial charge in [-0.3, -0.25) is 24.0 Å². The molecule has 3 fully saturated rings. The number of cyclic esters (lactones) is 1. The molecular weight excluding hydrogens is 456 g/mol. The van der Waals surface area contributed by atoms with Gasteiger partial charge in [-0.15, -0.1) is 0 Å². The van der Waals surface area contributed by atoms with Crippen LogP contribution in [0.2, 0.25) is 0 Å². The third kappa shape index (κ3) is 2.31. The summed E-state index contributed by atoms with van der Waals surface area (Å²) in [5.41, 5.74) is -8.87. The van der Waals surface area contributed by atoms with Crippen LogP contribution in [0.1, 0.15) is 54.4 Å². The molecule has 35 heavy (non-hydrogen) atoms. The molecule has 0 aromatic heterocycles. The highest BCUT2D eigenvalue weighted by atomic mass is 16.6. The van der Waals surface area contributed by atoms with E-state index in [0.29, 0.717) is 0 Å². The van der Waals surface area contributed by atoms with Crippen molar-refractivity contribution in [2.45, 2.75) is 66.6 Å². The average molecular weight is 489 g/mol. The van der Waals surface area contributed by atoms with Gasteiger partial charge >= 0.3 is 11.9 Å².